The molecule has 1 unspecified atom stereocenters. The topological polar surface area (TPSA) is 112 Å². The van der Waals surface area contributed by atoms with Crippen LogP contribution in [0, 0.1) is 5.82 Å². The van der Waals surface area contributed by atoms with Crippen molar-refractivity contribution in [2.45, 2.75) is 25.5 Å². The highest BCUT2D eigenvalue weighted by Crippen LogP contribution is 2.32. The summed E-state index contributed by atoms with van der Waals surface area (Å²) in [4.78, 5) is 41.4. The van der Waals surface area contributed by atoms with E-state index in [-0.39, 0.29) is 17.9 Å². The van der Waals surface area contributed by atoms with Crippen LogP contribution < -0.4 is 20.7 Å². The fraction of sp³-hybridized carbons (Fsp3) is 0.148. The van der Waals surface area contributed by atoms with Gasteiger partial charge in [-0.3, -0.25) is 14.4 Å². The molecule has 1 aliphatic heterocycles. The van der Waals surface area contributed by atoms with Gasteiger partial charge in [-0.2, -0.15) is 0 Å². The Labute approximate surface area is 205 Å². The van der Waals surface area contributed by atoms with Gasteiger partial charge in [-0.05, 0) is 61.0 Å². The quantitative estimate of drug-likeness (QED) is 0.330. The third kappa shape index (κ3) is 4.76. The molecule has 9 heteroatoms. The summed E-state index contributed by atoms with van der Waals surface area (Å²) < 4.78 is 18.9. The van der Waals surface area contributed by atoms with Gasteiger partial charge in [-0.1, -0.05) is 18.2 Å². The summed E-state index contributed by atoms with van der Waals surface area (Å²) in [7, 11) is 0. The van der Waals surface area contributed by atoms with E-state index in [0.717, 1.165) is 16.5 Å². The first-order valence-electron chi connectivity index (χ1n) is 11.4. The van der Waals surface area contributed by atoms with E-state index in [4.69, 9.17) is 4.74 Å². The van der Waals surface area contributed by atoms with E-state index in [1.165, 1.54) is 24.3 Å². The number of aromatic nitrogens is 1. The lowest BCUT2D eigenvalue weighted by Crippen LogP contribution is -2.45. The maximum absolute atomic E-state index is 13.4. The minimum Gasteiger partial charge on any atom is -0.479 e. The average molecular weight is 487 g/mol. The molecule has 0 radical (unpaired) electrons. The molecule has 2 atom stereocenters. The zero-order valence-corrected chi connectivity index (χ0v) is 19.3. The zero-order chi connectivity index (χ0) is 25.2. The van der Waals surface area contributed by atoms with Crippen LogP contribution in [-0.2, 0) is 16.0 Å². The number of H-pyrrole nitrogens is 1. The van der Waals surface area contributed by atoms with Crippen molar-refractivity contribution < 1.29 is 23.5 Å². The van der Waals surface area contributed by atoms with Crippen molar-refractivity contribution in [1.82, 2.24) is 10.3 Å². The standard InChI is InChI=1S/C27H23FN4O4/c1-15-25(33)31-22-13-19(10-11-24(22)36-15)30-27(35)23(32-26(34)16-6-8-18(28)9-7-16)12-17-14-29-21-5-3-2-4-20(17)21/h2-11,13-15,23,29H,12H2,1H3,(H,30,35)(H,31,33)(H,32,34)/t15?,23-/m1/s1. The van der Waals surface area contributed by atoms with Gasteiger partial charge in [0.15, 0.2) is 6.10 Å². The number of amides is 3. The molecule has 0 bridgehead atoms. The summed E-state index contributed by atoms with van der Waals surface area (Å²) in [6.07, 6.45) is 1.41. The lowest BCUT2D eigenvalue weighted by atomic mass is 10.0. The highest BCUT2D eigenvalue weighted by atomic mass is 19.1. The monoisotopic (exact) mass is 486 g/mol. The van der Waals surface area contributed by atoms with Crippen molar-refractivity contribution in [2.24, 2.45) is 0 Å². The lowest BCUT2D eigenvalue weighted by molar-refractivity contribution is -0.122. The third-order valence-corrected chi connectivity index (χ3v) is 6.01. The second-order valence-electron chi connectivity index (χ2n) is 8.55. The van der Waals surface area contributed by atoms with Crippen LogP contribution in [0.2, 0.25) is 0 Å². The molecule has 0 aliphatic carbocycles. The minimum absolute atomic E-state index is 0.213. The number of para-hydroxylation sites is 1. The summed E-state index contributed by atoms with van der Waals surface area (Å²) in [5.41, 5.74) is 2.87. The van der Waals surface area contributed by atoms with Crippen molar-refractivity contribution in [3.8, 4) is 5.75 Å². The number of ether oxygens (including phenoxy) is 1. The first kappa shape index (κ1) is 23.1. The van der Waals surface area contributed by atoms with Gasteiger partial charge >= 0.3 is 0 Å². The molecule has 5 rings (SSSR count). The second-order valence-corrected chi connectivity index (χ2v) is 8.55. The van der Waals surface area contributed by atoms with Crippen LogP contribution in [-0.4, -0.2) is 34.9 Å². The summed E-state index contributed by atoms with van der Waals surface area (Å²) in [6.45, 7) is 1.65. The fourth-order valence-corrected chi connectivity index (χ4v) is 4.09. The Morgan fingerprint density at radius 2 is 1.86 bits per heavy atom. The van der Waals surface area contributed by atoms with Crippen molar-refractivity contribution in [1.29, 1.82) is 0 Å². The molecule has 4 aromatic rings. The number of halogens is 1. The molecule has 0 saturated heterocycles. The van der Waals surface area contributed by atoms with E-state index in [0.29, 0.717) is 17.1 Å². The van der Waals surface area contributed by atoms with Gasteiger partial charge in [0.1, 0.15) is 17.6 Å². The molecule has 2 heterocycles. The Hall–Kier alpha value is -4.66. The first-order chi connectivity index (χ1) is 17.4. The third-order valence-electron chi connectivity index (χ3n) is 6.01. The molecule has 8 nitrogen and oxygen atoms in total. The number of hydrogen-bond acceptors (Lipinski definition) is 4. The van der Waals surface area contributed by atoms with E-state index >= 15 is 0 Å². The van der Waals surface area contributed by atoms with E-state index in [9.17, 15) is 18.8 Å². The first-order valence-corrected chi connectivity index (χ1v) is 11.4. The molecular formula is C27H23FN4O4. The van der Waals surface area contributed by atoms with Crippen LogP contribution in [0.4, 0.5) is 15.8 Å². The number of hydrogen-bond donors (Lipinski definition) is 4. The van der Waals surface area contributed by atoms with Crippen LogP contribution >= 0.6 is 0 Å². The van der Waals surface area contributed by atoms with Crippen molar-refractivity contribution in [3.63, 3.8) is 0 Å². The molecule has 3 aromatic carbocycles. The summed E-state index contributed by atoms with van der Waals surface area (Å²) >= 11 is 0. The van der Waals surface area contributed by atoms with Crippen molar-refractivity contribution in [3.05, 3.63) is 89.9 Å². The number of anilines is 2. The maximum Gasteiger partial charge on any atom is 0.265 e. The minimum atomic E-state index is -0.941. The van der Waals surface area contributed by atoms with Crippen LogP contribution in [0.25, 0.3) is 10.9 Å². The molecule has 4 N–H and O–H groups in total. The van der Waals surface area contributed by atoms with Crippen molar-refractivity contribution >= 4 is 40.0 Å². The second kappa shape index (κ2) is 9.53. The number of benzene rings is 3. The van der Waals surface area contributed by atoms with Gasteiger partial charge in [0, 0.05) is 34.8 Å². The molecular weight excluding hydrogens is 463 g/mol. The molecule has 182 valence electrons. The van der Waals surface area contributed by atoms with Gasteiger partial charge in [-0.25, -0.2) is 4.39 Å². The van der Waals surface area contributed by atoms with E-state index in [1.807, 2.05) is 30.5 Å². The smallest absolute Gasteiger partial charge is 0.265 e. The van der Waals surface area contributed by atoms with Gasteiger partial charge < -0.3 is 25.7 Å². The largest absolute Gasteiger partial charge is 0.479 e. The molecule has 36 heavy (non-hydrogen) atoms. The molecule has 0 spiro atoms. The summed E-state index contributed by atoms with van der Waals surface area (Å²) in [6, 6.07) is 16.7. The van der Waals surface area contributed by atoms with E-state index in [1.54, 1.807) is 25.1 Å². The molecule has 3 amide bonds. The predicted octanol–water partition coefficient (Wildman–Crippen LogP) is 4.01. The number of carbonyl (C=O) groups excluding carboxylic acids is 3. The number of aromatic amines is 1. The predicted molar refractivity (Wildman–Crippen MR) is 133 cm³/mol. The SMILES string of the molecule is CC1Oc2ccc(NC(=O)[C@@H](Cc3c[nH]c4ccccc34)NC(=O)c3ccc(F)cc3)cc2NC1=O. The zero-order valence-electron chi connectivity index (χ0n) is 19.3. The maximum atomic E-state index is 13.4. The fourth-order valence-electron chi connectivity index (χ4n) is 4.09. The number of fused-ring (bicyclic) bond motifs is 2. The Morgan fingerprint density at radius 3 is 2.67 bits per heavy atom. The Kier molecular flexibility index (Phi) is 6.12. The molecule has 0 saturated carbocycles. The summed E-state index contributed by atoms with van der Waals surface area (Å²) in [5.74, 6) is -1.20. The average Bonchev–Trinajstić information content (AvgIpc) is 3.27. The number of nitrogens with one attached hydrogen (secondary N) is 4. The highest BCUT2D eigenvalue weighted by molar-refractivity contribution is 6.03. The molecule has 0 fully saturated rings. The van der Waals surface area contributed by atoms with Crippen LogP contribution in [0.3, 0.4) is 0 Å². The van der Waals surface area contributed by atoms with Gasteiger partial charge in [-0.15, -0.1) is 0 Å². The molecule has 1 aromatic heterocycles. The highest BCUT2D eigenvalue weighted by Gasteiger charge is 2.26. The van der Waals surface area contributed by atoms with E-state index < -0.39 is 29.8 Å². The van der Waals surface area contributed by atoms with Gasteiger partial charge in [0.05, 0.1) is 5.69 Å². The lowest BCUT2D eigenvalue weighted by Gasteiger charge is -2.24. The van der Waals surface area contributed by atoms with E-state index in [2.05, 4.69) is 20.9 Å². The summed E-state index contributed by atoms with van der Waals surface area (Å²) in [5, 5.41) is 9.27. The van der Waals surface area contributed by atoms with Crippen molar-refractivity contribution in [2.75, 3.05) is 10.6 Å². The number of carbonyl (C=O) groups is 3. The van der Waals surface area contributed by atoms with Crippen LogP contribution in [0.1, 0.15) is 22.8 Å². The Bertz CT molecular complexity index is 1460. The Balaban J connectivity index is 1.39. The molecule has 1 aliphatic rings. The van der Waals surface area contributed by atoms with Gasteiger partial charge in [0.2, 0.25) is 5.91 Å². The van der Waals surface area contributed by atoms with Crippen LogP contribution in [0.15, 0.2) is 72.9 Å². The Morgan fingerprint density at radius 1 is 1.08 bits per heavy atom. The normalized spacial score (nSPS) is 15.4. The number of rotatable bonds is 6. The van der Waals surface area contributed by atoms with Crippen LogP contribution in [0.5, 0.6) is 5.75 Å². The van der Waals surface area contributed by atoms with Gasteiger partial charge in [0.25, 0.3) is 11.8 Å².